The largest absolute Gasteiger partial charge is 0.294 e. The van der Waals surface area contributed by atoms with Crippen LogP contribution in [0.2, 0.25) is 5.02 Å². The second kappa shape index (κ2) is 5.37. The lowest BCUT2D eigenvalue weighted by Gasteiger charge is -2.05. The third-order valence-electron chi connectivity index (χ3n) is 3.77. The fraction of sp³-hybridized carbons (Fsp3) is 0.235. The Kier molecular flexibility index (Phi) is 3.58. The Bertz CT molecular complexity index is 679. The molecule has 0 unspecified atom stereocenters. The average Bonchev–Trinajstić information content (AvgIpc) is 2.90. The van der Waals surface area contributed by atoms with Gasteiger partial charge >= 0.3 is 0 Å². The lowest BCUT2D eigenvalue weighted by molar-refractivity contribution is 0.0993. The molecule has 3 rings (SSSR count). The molecule has 0 saturated carbocycles. The molecule has 0 fully saturated rings. The van der Waals surface area contributed by atoms with Gasteiger partial charge in [0.1, 0.15) is 5.82 Å². The zero-order valence-corrected chi connectivity index (χ0v) is 11.7. The second-order valence-corrected chi connectivity index (χ2v) is 5.59. The minimum Gasteiger partial charge on any atom is -0.294 e. The Hall–Kier alpha value is -1.67. The molecule has 0 amide bonds. The van der Waals surface area contributed by atoms with Crippen molar-refractivity contribution in [1.82, 2.24) is 0 Å². The fourth-order valence-corrected chi connectivity index (χ4v) is 2.80. The summed E-state index contributed by atoms with van der Waals surface area (Å²) in [6.07, 6.45) is 3.51. The van der Waals surface area contributed by atoms with Crippen molar-refractivity contribution >= 4 is 17.4 Å². The Labute approximate surface area is 122 Å². The molecule has 0 bridgehead atoms. The summed E-state index contributed by atoms with van der Waals surface area (Å²) >= 11 is 5.64. The van der Waals surface area contributed by atoms with Crippen molar-refractivity contribution in [3.8, 4) is 0 Å². The highest BCUT2D eigenvalue weighted by Crippen LogP contribution is 2.24. The zero-order valence-electron chi connectivity index (χ0n) is 11.0. The summed E-state index contributed by atoms with van der Waals surface area (Å²) < 4.78 is 13.4. The zero-order chi connectivity index (χ0) is 14.1. The number of ketones is 1. The van der Waals surface area contributed by atoms with Crippen LogP contribution in [0.4, 0.5) is 4.39 Å². The first-order valence-corrected chi connectivity index (χ1v) is 7.10. The first kappa shape index (κ1) is 13.3. The number of hydrogen-bond acceptors (Lipinski definition) is 1. The van der Waals surface area contributed by atoms with E-state index in [4.69, 9.17) is 11.6 Å². The van der Waals surface area contributed by atoms with Gasteiger partial charge in [-0.1, -0.05) is 29.8 Å². The lowest BCUT2D eigenvalue weighted by atomic mass is 9.99. The maximum Gasteiger partial charge on any atom is 0.167 e. The molecule has 1 aliphatic rings. The molecular weight excluding hydrogens is 275 g/mol. The van der Waals surface area contributed by atoms with Gasteiger partial charge in [0.25, 0.3) is 0 Å². The van der Waals surface area contributed by atoms with Crippen LogP contribution in [0.1, 0.15) is 33.5 Å². The van der Waals surface area contributed by atoms with Crippen molar-refractivity contribution in [2.24, 2.45) is 0 Å². The molecule has 1 aliphatic carbocycles. The maximum atomic E-state index is 13.4. The molecule has 3 heteroatoms. The summed E-state index contributed by atoms with van der Waals surface area (Å²) in [6.45, 7) is 0. The summed E-state index contributed by atoms with van der Waals surface area (Å²) in [5.74, 6) is -0.465. The standard InChI is InChI=1S/C17H14ClFO/c18-15-7-4-11(8-16(15)19)9-17(20)14-6-5-12-2-1-3-13(12)10-14/h4-8,10H,1-3,9H2. The van der Waals surface area contributed by atoms with Crippen LogP contribution in [-0.4, -0.2) is 5.78 Å². The number of fused-ring (bicyclic) bond motifs is 1. The molecule has 2 aromatic carbocycles. The van der Waals surface area contributed by atoms with Gasteiger partial charge in [0.2, 0.25) is 0 Å². The van der Waals surface area contributed by atoms with Gasteiger partial charge in [-0.3, -0.25) is 4.79 Å². The smallest absolute Gasteiger partial charge is 0.167 e. The quantitative estimate of drug-likeness (QED) is 0.766. The monoisotopic (exact) mass is 288 g/mol. The predicted octanol–water partition coefficient (Wildman–Crippen LogP) is 4.39. The van der Waals surface area contributed by atoms with Crippen LogP contribution < -0.4 is 0 Å². The third-order valence-corrected chi connectivity index (χ3v) is 4.08. The van der Waals surface area contributed by atoms with E-state index >= 15 is 0 Å². The van der Waals surface area contributed by atoms with Gasteiger partial charge in [0.15, 0.2) is 5.78 Å². The second-order valence-electron chi connectivity index (χ2n) is 5.19. The van der Waals surface area contributed by atoms with Crippen molar-refractivity contribution in [3.63, 3.8) is 0 Å². The summed E-state index contributed by atoms with van der Waals surface area (Å²) in [5.41, 5.74) is 3.98. The summed E-state index contributed by atoms with van der Waals surface area (Å²) in [7, 11) is 0. The normalized spacial score (nSPS) is 13.3. The third kappa shape index (κ3) is 2.61. The van der Waals surface area contributed by atoms with E-state index in [1.807, 2.05) is 18.2 Å². The molecule has 20 heavy (non-hydrogen) atoms. The average molecular weight is 289 g/mol. The Balaban J connectivity index is 1.80. The van der Waals surface area contributed by atoms with Crippen molar-refractivity contribution < 1.29 is 9.18 Å². The summed E-state index contributed by atoms with van der Waals surface area (Å²) in [4.78, 5) is 12.3. The maximum absolute atomic E-state index is 13.4. The van der Waals surface area contributed by atoms with E-state index in [9.17, 15) is 9.18 Å². The van der Waals surface area contributed by atoms with Crippen molar-refractivity contribution in [2.45, 2.75) is 25.7 Å². The van der Waals surface area contributed by atoms with Gasteiger partial charge in [0, 0.05) is 12.0 Å². The van der Waals surface area contributed by atoms with E-state index < -0.39 is 5.82 Å². The van der Waals surface area contributed by atoms with Gasteiger partial charge in [-0.2, -0.15) is 0 Å². The Morgan fingerprint density at radius 2 is 1.90 bits per heavy atom. The first-order chi connectivity index (χ1) is 9.63. The first-order valence-electron chi connectivity index (χ1n) is 6.72. The number of hydrogen-bond donors (Lipinski definition) is 0. The molecule has 102 valence electrons. The number of carbonyl (C=O) groups excluding carboxylic acids is 1. The highest BCUT2D eigenvalue weighted by molar-refractivity contribution is 6.30. The van der Waals surface area contributed by atoms with Crippen LogP contribution in [0.5, 0.6) is 0 Å². The summed E-state index contributed by atoms with van der Waals surface area (Å²) in [6, 6.07) is 10.4. The topological polar surface area (TPSA) is 17.1 Å². The van der Waals surface area contributed by atoms with Crippen molar-refractivity contribution in [2.75, 3.05) is 0 Å². The van der Waals surface area contributed by atoms with Gasteiger partial charge in [-0.15, -0.1) is 0 Å². The molecule has 0 saturated heterocycles. The predicted molar refractivity (Wildman–Crippen MR) is 77.9 cm³/mol. The molecule has 0 radical (unpaired) electrons. The van der Waals surface area contributed by atoms with Gasteiger partial charge in [0.05, 0.1) is 5.02 Å². The lowest BCUT2D eigenvalue weighted by Crippen LogP contribution is -2.04. The van der Waals surface area contributed by atoms with E-state index in [1.54, 1.807) is 6.07 Å². The molecular formula is C17H14ClFO. The van der Waals surface area contributed by atoms with Gasteiger partial charge < -0.3 is 0 Å². The molecule has 0 N–H and O–H groups in total. The van der Waals surface area contributed by atoms with Gasteiger partial charge in [-0.25, -0.2) is 4.39 Å². The van der Waals surface area contributed by atoms with Crippen LogP contribution in [0.25, 0.3) is 0 Å². The molecule has 0 aromatic heterocycles. The molecule has 0 aliphatic heterocycles. The van der Waals surface area contributed by atoms with Crippen LogP contribution in [0.3, 0.4) is 0 Å². The molecule has 0 spiro atoms. The minimum absolute atomic E-state index is 0.0152. The van der Waals surface area contributed by atoms with Crippen LogP contribution in [0, 0.1) is 5.82 Å². The molecule has 1 nitrogen and oxygen atoms in total. The molecule has 2 aromatic rings. The van der Waals surface area contributed by atoms with E-state index in [1.165, 1.54) is 23.3 Å². The SMILES string of the molecule is O=C(Cc1ccc(Cl)c(F)c1)c1ccc2c(c1)CCC2. The van der Waals surface area contributed by atoms with Crippen molar-refractivity contribution in [3.05, 3.63) is 69.5 Å². The van der Waals surface area contributed by atoms with E-state index in [0.29, 0.717) is 11.1 Å². The highest BCUT2D eigenvalue weighted by atomic mass is 35.5. The van der Waals surface area contributed by atoms with Crippen LogP contribution in [0.15, 0.2) is 36.4 Å². The Morgan fingerprint density at radius 3 is 2.70 bits per heavy atom. The highest BCUT2D eigenvalue weighted by Gasteiger charge is 2.14. The number of halogens is 2. The number of benzene rings is 2. The van der Waals surface area contributed by atoms with Crippen molar-refractivity contribution in [1.29, 1.82) is 0 Å². The fourth-order valence-electron chi connectivity index (χ4n) is 2.68. The van der Waals surface area contributed by atoms with E-state index in [-0.39, 0.29) is 17.2 Å². The number of carbonyl (C=O) groups is 1. The molecule has 0 atom stereocenters. The summed E-state index contributed by atoms with van der Waals surface area (Å²) in [5, 5.41) is 0.0822. The Morgan fingerprint density at radius 1 is 1.10 bits per heavy atom. The number of rotatable bonds is 3. The van der Waals surface area contributed by atoms with Crippen LogP contribution in [-0.2, 0) is 19.3 Å². The molecule has 0 heterocycles. The number of aryl methyl sites for hydroxylation is 2. The number of Topliss-reactive ketones (excluding diaryl/α,β-unsaturated/α-hetero) is 1. The van der Waals surface area contributed by atoms with Gasteiger partial charge in [-0.05, 0) is 54.2 Å². The van der Waals surface area contributed by atoms with E-state index in [2.05, 4.69) is 0 Å². The minimum atomic E-state index is -0.481. The van der Waals surface area contributed by atoms with E-state index in [0.717, 1.165) is 19.3 Å². The van der Waals surface area contributed by atoms with Crippen LogP contribution >= 0.6 is 11.6 Å².